The van der Waals surface area contributed by atoms with Gasteiger partial charge in [-0.15, -0.1) is 0 Å². The number of aliphatic hydroxyl groups is 2. The zero-order valence-corrected chi connectivity index (χ0v) is 18.4. The van der Waals surface area contributed by atoms with Gasteiger partial charge in [-0.3, -0.25) is 9.36 Å². The zero-order valence-electron chi connectivity index (χ0n) is 18.4. The second kappa shape index (κ2) is 11.1. The molecule has 0 unspecified atom stereocenters. The Hall–Kier alpha value is -2.70. The lowest BCUT2D eigenvalue weighted by molar-refractivity contribution is 0.299. The molecule has 31 heavy (non-hydrogen) atoms. The van der Waals surface area contributed by atoms with Crippen molar-refractivity contribution in [2.75, 3.05) is 13.2 Å². The molecule has 4 rings (SSSR count). The third-order valence-electron chi connectivity index (χ3n) is 5.46. The third-order valence-corrected chi connectivity index (χ3v) is 5.46. The van der Waals surface area contributed by atoms with E-state index in [1.54, 1.807) is 0 Å². The van der Waals surface area contributed by atoms with Crippen molar-refractivity contribution in [3.05, 3.63) is 58.9 Å². The van der Waals surface area contributed by atoms with E-state index in [0.717, 1.165) is 46.4 Å². The quantitative estimate of drug-likeness (QED) is 0.491. The molecule has 0 atom stereocenters. The van der Waals surface area contributed by atoms with Crippen LogP contribution in [0.2, 0.25) is 0 Å². The summed E-state index contributed by atoms with van der Waals surface area (Å²) in [6, 6.07) is 12.6. The summed E-state index contributed by atoms with van der Waals surface area (Å²) in [5, 5.41) is 29.2. The minimum absolute atomic E-state index is 0. The summed E-state index contributed by atoms with van der Waals surface area (Å²) in [5.74, 6) is 0. The first-order chi connectivity index (χ1) is 14.5. The lowest BCUT2D eigenvalue weighted by Gasteiger charge is -1.99. The maximum atomic E-state index is 8.89. The smallest absolute Gasteiger partial charge is 0.0700 e. The van der Waals surface area contributed by atoms with Crippen molar-refractivity contribution in [3.8, 4) is 0 Å². The normalized spacial score (nSPS) is 10.8. The van der Waals surface area contributed by atoms with Crippen LogP contribution in [0, 0.1) is 0 Å². The minimum Gasteiger partial charge on any atom is -0.396 e. The van der Waals surface area contributed by atoms with Gasteiger partial charge in [-0.25, -0.2) is 0 Å². The Bertz CT molecular complexity index is 1040. The standard InChI is InChI=1S/2C12H16N2O.CH4/c2*1-3-11-10-5-4-9(6-7-15)8-12(10)14(2)13-11;/h2*4-5,8,15H,3,6-7H2,1-2H3;1H4. The van der Waals surface area contributed by atoms with Gasteiger partial charge in [0.2, 0.25) is 0 Å². The van der Waals surface area contributed by atoms with Crippen molar-refractivity contribution in [1.82, 2.24) is 19.6 Å². The first kappa shape index (κ1) is 24.6. The van der Waals surface area contributed by atoms with E-state index in [1.165, 1.54) is 10.8 Å². The number of fused-ring (bicyclic) bond motifs is 2. The van der Waals surface area contributed by atoms with Gasteiger partial charge < -0.3 is 10.2 Å². The van der Waals surface area contributed by atoms with E-state index < -0.39 is 0 Å². The van der Waals surface area contributed by atoms with Crippen molar-refractivity contribution in [1.29, 1.82) is 0 Å². The van der Waals surface area contributed by atoms with Gasteiger partial charge in [0.25, 0.3) is 0 Å². The molecule has 6 nitrogen and oxygen atoms in total. The second-order valence-corrected chi connectivity index (χ2v) is 7.50. The Kier molecular flexibility index (Phi) is 8.77. The molecule has 2 heterocycles. The molecule has 0 saturated heterocycles. The van der Waals surface area contributed by atoms with Crippen LogP contribution in [0.1, 0.15) is 43.8 Å². The van der Waals surface area contributed by atoms with Crippen LogP contribution in [0.15, 0.2) is 36.4 Å². The number of rotatable bonds is 6. The molecule has 0 aliphatic rings. The van der Waals surface area contributed by atoms with Gasteiger partial charge in [0.15, 0.2) is 0 Å². The topological polar surface area (TPSA) is 76.1 Å². The first-order valence-corrected chi connectivity index (χ1v) is 10.6. The van der Waals surface area contributed by atoms with E-state index in [4.69, 9.17) is 10.2 Å². The van der Waals surface area contributed by atoms with Gasteiger partial charge in [-0.2, -0.15) is 10.2 Å². The Morgan fingerprint density at radius 3 is 1.42 bits per heavy atom. The number of benzene rings is 2. The number of aromatic nitrogens is 4. The maximum Gasteiger partial charge on any atom is 0.0700 e. The van der Waals surface area contributed by atoms with E-state index in [1.807, 2.05) is 23.5 Å². The molecule has 168 valence electrons. The van der Waals surface area contributed by atoms with Crippen molar-refractivity contribution in [2.45, 2.75) is 47.0 Å². The highest BCUT2D eigenvalue weighted by Gasteiger charge is 2.08. The van der Waals surface area contributed by atoms with E-state index in [0.29, 0.717) is 12.8 Å². The molecule has 4 aromatic rings. The Morgan fingerprint density at radius 2 is 1.10 bits per heavy atom. The number of hydrogen-bond acceptors (Lipinski definition) is 4. The molecule has 0 spiro atoms. The van der Waals surface area contributed by atoms with E-state index in [-0.39, 0.29) is 20.6 Å². The average molecular weight is 425 g/mol. The highest BCUT2D eigenvalue weighted by Crippen LogP contribution is 2.21. The summed E-state index contributed by atoms with van der Waals surface area (Å²) in [5.41, 5.74) is 6.91. The molecule has 2 aromatic carbocycles. The van der Waals surface area contributed by atoms with Crippen molar-refractivity contribution < 1.29 is 10.2 Å². The molecular formula is C25H36N4O2. The highest BCUT2D eigenvalue weighted by atomic mass is 16.3. The summed E-state index contributed by atoms with van der Waals surface area (Å²) < 4.78 is 3.82. The van der Waals surface area contributed by atoms with Gasteiger partial charge in [0, 0.05) is 38.1 Å². The monoisotopic (exact) mass is 424 g/mol. The second-order valence-electron chi connectivity index (χ2n) is 7.50. The molecule has 0 aliphatic carbocycles. The molecule has 0 radical (unpaired) electrons. The van der Waals surface area contributed by atoms with Crippen LogP contribution in [0.3, 0.4) is 0 Å². The van der Waals surface area contributed by atoms with Crippen LogP contribution >= 0.6 is 0 Å². The Morgan fingerprint density at radius 1 is 0.710 bits per heavy atom. The summed E-state index contributed by atoms with van der Waals surface area (Å²) in [6.45, 7) is 4.63. The van der Waals surface area contributed by atoms with Crippen molar-refractivity contribution in [2.24, 2.45) is 14.1 Å². The average Bonchev–Trinajstić information content (AvgIpc) is 3.25. The minimum atomic E-state index is 0. The van der Waals surface area contributed by atoms with E-state index >= 15 is 0 Å². The van der Waals surface area contributed by atoms with Gasteiger partial charge >= 0.3 is 0 Å². The molecule has 2 aromatic heterocycles. The molecule has 0 fully saturated rings. The molecule has 6 heteroatoms. The third kappa shape index (κ3) is 5.32. The van der Waals surface area contributed by atoms with Crippen LogP contribution in [0.25, 0.3) is 21.8 Å². The molecule has 0 aliphatic heterocycles. The SMILES string of the molecule is C.CCc1nn(C)c2cc(CCO)ccc12.CCc1nn(C)c2cc(CCO)ccc12. The fourth-order valence-electron chi connectivity index (χ4n) is 3.85. The predicted molar refractivity (Wildman–Crippen MR) is 128 cm³/mol. The van der Waals surface area contributed by atoms with Gasteiger partial charge in [-0.1, -0.05) is 45.5 Å². The summed E-state index contributed by atoms with van der Waals surface area (Å²) in [6.07, 6.45) is 3.33. The Labute approximate surface area is 185 Å². The number of nitrogens with zero attached hydrogens (tertiary/aromatic N) is 4. The molecule has 2 N–H and O–H groups in total. The molecule has 0 bridgehead atoms. The summed E-state index contributed by atoms with van der Waals surface area (Å²) in [4.78, 5) is 0. The van der Waals surface area contributed by atoms with Gasteiger partial charge in [0.05, 0.1) is 22.4 Å². The summed E-state index contributed by atoms with van der Waals surface area (Å²) in [7, 11) is 3.93. The van der Waals surface area contributed by atoms with Crippen LogP contribution in [0.4, 0.5) is 0 Å². The number of aryl methyl sites for hydroxylation is 4. The van der Waals surface area contributed by atoms with Gasteiger partial charge in [-0.05, 0) is 48.9 Å². The lowest BCUT2D eigenvalue weighted by atomic mass is 10.1. The number of aliphatic hydroxyl groups excluding tert-OH is 2. The van der Waals surface area contributed by atoms with Crippen LogP contribution in [-0.2, 0) is 39.8 Å². The van der Waals surface area contributed by atoms with Crippen molar-refractivity contribution in [3.63, 3.8) is 0 Å². The van der Waals surface area contributed by atoms with Gasteiger partial charge in [0.1, 0.15) is 0 Å². The molecular weight excluding hydrogens is 388 g/mol. The molecule has 0 amide bonds. The highest BCUT2D eigenvalue weighted by molar-refractivity contribution is 5.83. The number of hydrogen-bond donors (Lipinski definition) is 2. The van der Waals surface area contributed by atoms with Crippen LogP contribution < -0.4 is 0 Å². The molecule has 0 saturated carbocycles. The van der Waals surface area contributed by atoms with Crippen LogP contribution in [-0.4, -0.2) is 43.0 Å². The van der Waals surface area contributed by atoms with E-state index in [9.17, 15) is 0 Å². The maximum absolute atomic E-state index is 8.89. The fraction of sp³-hybridized carbons (Fsp3) is 0.440. The zero-order chi connectivity index (χ0) is 21.7. The van der Waals surface area contributed by atoms with E-state index in [2.05, 4.69) is 60.4 Å². The fourth-order valence-corrected chi connectivity index (χ4v) is 3.85. The first-order valence-electron chi connectivity index (χ1n) is 10.6. The Balaban J connectivity index is 0.000000213. The summed E-state index contributed by atoms with van der Waals surface area (Å²) >= 11 is 0. The van der Waals surface area contributed by atoms with Crippen molar-refractivity contribution >= 4 is 21.8 Å². The largest absolute Gasteiger partial charge is 0.396 e. The lowest BCUT2D eigenvalue weighted by Crippen LogP contribution is -1.93. The predicted octanol–water partition coefficient (Wildman–Crippen LogP) is 3.98. The van der Waals surface area contributed by atoms with Crippen LogP contribution in [0.5, 0.6) is 0 Å².